The Hall–Kier alpha value is -2.05. The molecular formula is C22H34N4O6S. The summed E-state index contributed by atoms with van der Waals surface area (Å²) in [6.45, 7) is 9.92. The number of hydrogen-bond donors (Lipinski definition) is 2. The second-order valence-corrected chi connectivity index (χ2v) is 10.3. The molecule has 2 N–H and O–H groups in total. The van der Waals surface area contributed by atoms with Crippen LogP contribution in [-0.2, 0) is 29.1 Å². The van der Waals surface area contributed by atoms with E-state index in [1.54, 1.807) is 13.8 Å². The fourth-order valence-electron chi connectivity index (χ4n) is 4.29. The van der Waals surface area contributed by atoms with Gasteiger partial charge in [0.15, 0.2) is 0 Å². The second-order valence-electron chi connectivity index (χ2n) is 8.44. The Labute approximate surface area is 195 Å². The summed E-state index contributed by atoms with van der Waals surface area (Å²) in [6.07, 6.45) is -0.329. The molecule has 0 aliphatic carbocycles. The highest BCUT2D eigenvalue weighted by Gasteiger charge is 2.36. The number of sulfonamides is 1. The number of carbonyl (C=O) groups is 2. The molecule has 2 aliphatic rings. The van der Waals surface area contributed by atoms with Crippen LogP contribution in [0.3, 0.4) is 0 Å². The summed E-state index contributed by atoms with van der Waals surface area (Å²) in [5.74, 6) is -1.56. The van der Waals surface area contributed by atoms with Crippen molar-refractivity contribution >= 4 is 21.8 Å². The van der Waals surface area contributed by atoms with Gasteiger partial charge in [-0.2, -0.15) is 4.31 Å². The summed E-state index contributed by atoms with van der Waals surface area (Å²) in [5.41, 5.74) is 2.32. The highest BCUT2D eigenvalue weighted by Crippen LogP contribution is 2.28. The molecule has 2 amide bonds. The highest BCUT2D eigenvalue weighted by molar-refractivity contribution is 7.89. The molecule has 0 saturated carbocycles. The van der Waals surface area contributed by atoms with Crippen molar-refractivity contribution in [3.8, 4) is 0 Å². The van der Waals surface area contributed by atoms with Crippen LogP contribution in [0, 0.1) is 20.8 Å². The topological polar surface area (TPSA) is 117 Å². The molecule has 2 heterocycles. The van der Waals surface area contributed by atoms with Crippen LogP contribution in [0.2, 0.25) is 0 Å². The molecule has 0 spiro atoms. The monoisotopic (exact) mass is 482 g/mol. The SMILES string of the molecule is Cc1cc(C)c(S(=O)(=O)N2CCCO[C@@H]2CNC(=O)C(=O)NCCN2CCOCC2)c(C)c1. The third-order valence-electron chi connectivity index (χ3n) is 5.79. The van der Waals surface area contributed by atoms with Gasteiger partial charge in [0.05, 0.1) is 31.3 Å². The van der Waals surface area contributed by atoms with Crippen LogP contribution < -0.4 is 10.6 Å². The molecule has 0 aromatic heterocycles. The molecule has 0 bridgehead atoms. The fraction of sp³-hybridized carbons (Fsp3) is 0.636. The lowest BCUT2D eigenvalue weighted by atomic mass is 10.1. The summed E-state index contributed by atoms with van der Waals surface area (Å²) < 4.78 is 39.2. The third kappa shape index (κ3) is 6.51. The Bertz CT molecular complexity index is 939. The van der Waals surface area contributed by atoms with Crippen LogP contribution in [0.5, 0.6) is 0 Å². The van der Waals surface area contributed by atoms with Gasteiger partial charge in [-0.25, -0.2) is 8.42 Å². The smallest absolute Gasteiger partial charge is 0.309 e. The fourth-order valence-corrected chi connectivity index (χ4v) is 6.27. The van der Waals surface area contributed by atoms with E-state index in [1.807, 2.05) is 19.1 Å². The lowest BCUT2D eigenvalue weighted by Crippen LogP contribution is -2.53. The number of nitrogens with zero attached hydrogens (tertiary/aromatic N) is 2. The standard InChI is InChI=1S/C22H34N4O6S/c1-16-13-17(2)20(18(3)14-16)33(29,30)26-6-4-10-32-19(26)15-24-22(28)21(27)23-5-7-25-8-11-31-12-9-25/h13-14,19H,4-12,15H2,1-3H3,(H,23,27)(H,24,28)/t19-/m1/s1. The Kier molecular flexibility index (Phi) is 8.82. The van der Waals surface area contributed by atoms with Gasteiger partial charge in [-0.15, -0.1) is 0 Å². The van der Waals surface area contributed by atoms with E-state index < -0.39 is 28.1 Å². The predicted molar refractivity (Wildman–Crippen MR) is 122 cm³/mol. The minimum Gasteiger partial charge on any atom is -0.379 e. The number of rotatable bonds is 7. The Morgan fingerprint density at radius 1 is 1.00 bits per heavy atom. The van der Waals surface area contributed by atoms with E-state index in [2.05, 4.69) is 15.5 Å². The number of amides is 2. The lowest BCUT2D eigenvalue weighted by Gasteiger charge is -2.35. The number of benzene rings is 1. The van der Waals surface area contributed by atoms with Gasteiger partial charge in [-0.1, -0.05) is 17.7 Å². The molecule has 1 aromatic rings. The number of hydrogen-bond acceptors (Lipinski definition) is 7. The first-order valence-corrected chi connectivity index (χ1v) is 12.7. The number of ether oxygens (including phenoxy) is 2. The molecule has 1 aromatic carbocycles. The zero-order valence-electron chi connectivity index (χ0n) is 19.6. The van der Waals surface area contributed by atoms with Crippen molar-refractivity contribution in [2.75, 3.05) is 59.1 Å². The number of nitrogens with one attached hydrogen (secondary N) is 2. The van der Waals surface area contributed by atoms with Crippen LogP contribution in [0.25, 0.3) is 0 Å². The van der Waals surface area contributed by atoms with Gasteiger partial charge >= 0.3 is 11.8 Å². The van der Waals surface area contributed by atoms with Gasteiger partial charge in [-0.3, -0.25) is 14.5 Å². The maximum atomic E-state index is 13.5. The molecule has 33 heavy (non-hydrogen) atoms. The molecule has 0 unspecified atom stereocenters. The van der Waals surface area contributed by atoms with E-state index in [0.717, 1.165) is 18.7 Å². The van der Waals surface area contributed by atoms with Gasteiger partial charge in [0.2, 0.25) is 10.0 Å². The molecule has 3 rings (SSSR count). The summed E-state index contributed by atoms with van der Waals surface area (Å²) in [5, 5.41) is 5.12. The van der Waals surface area contributed by atoms with Crippen molar-refractivity contribution < 1.29 is 27.5 Å². The van der Waals surface area contributed by atoms with Gasteiger partial charge in [0, 0.05) is 32.7 Å². The minimum atomic E-state index is -3.84. The highest BCUT2D eigenvalue weighted by atomic mass is 32.2. The Morgan fingerprint density at radius 2 is 1.64 bits per heavy atom. The first-order valence-electron chi connectivity index (χ1n) is 11.3. The second kappa shape index (κ2) is 11.4. The van der Waals surface area contributed by atoms with E-state index in [1.165, 1.54) is 4.31 Å². The number of morpholine rings is 1. The molecule has 184 valence electrons. The minimum absolute atomic E-state index is 0.112. The molecule has 2 saturated heterocycles. The molecule has 2 fully saturated rings. The molecule has 0 radical (unpaired) electrons. The first kappa shape index (κ1) is 25.6. The average molecular weight is 483 g/mol. The first-order chi connectivity index (χ1) is 15.7. The zero-order valence-corrected chi connectivity index (χ0v) is 20.4. The van der Waals surface area contributed by atoms with E-state index in [4.69, 9.17) is 9.47 Å². The van der Waals surface area contributed by atoms with E-state index in [-0.39, 0.29) is 18.0 Å². The average Bonchev–Trinajstić information content (AvgIpc) is 2.77. The molecule has 1 atom stereocenters. The molecular weight excluding hydrogens is 448 g/mol. The summed E-state index contributed by atoms with van der Waals surface area (Å²) in [7, 11) is -3.84. The van der Waals surface area contributed by atoms with E-state index in [9.17, 15) is 18.0 Å². The van der Waals surface area contributed by atoms with Crippen molar-refractivity contribution in [2.45, 2.75) is 38.3 Å². The molecule has 10 nitrogen and oxygen atoms in total. The van der Waals surface area contributed by atoms with Crippen LogP contribution in [-0.4, -0.2) is 94.8 Å². The van der Waals surface area contributed by atoms with Gasteiger partial charge < -0.3 is 20.1 Å². The largest absolute Gasteiger partial charge is 0.379 e. The quantitative estimate of drug-likeness (QED) is 0.522. The van der Waals surface area contributed by atoms with Gasteiger partial charge in [-0.05, 0) is 38.3 Å². The molecule has 11 heteroatoms. The maximum Gasteiger partial charge on any atom is 0.309 e. The van der Waals surface area contributed by atoms with Crippen molar-refractivity contribution in [3.63, 3.8) is 0 Å². The van der Waals surface area contributed by atoms with Crippen molar-refractivity contribution in [2.24, 2.45) is 0 Å². The van der Waals surface area contributed by atoms with Crippen molar-refractivity contribution in [1.82, 2.24) is 19.8 Å². The maximum absolute atomic E-state index is 13.5. The summed E-state index contributed by atoms with van der Waals surface area (Å²) >= 11 is 0. The Balaban J connectivity index is 1.58. The van der Waals surface area contributed by atoms with Gasteiger partial charge in [0.1, 0.15) is 6.23 Å². The van der Waals surface area contributed by atoms with Crippen LogP contribution in [0.4, 0.5) is 0 Å². The van der Waals surface area contributed by atoms with E-state index >= 15 is 0 Å². The normalized spacial score (nSPS) is 20.4. The summed E-state index contributed by atoms with van der Waals surface area (Å²) in [6, 6.07) is 3.67. The third-order valence-corrected chi connectivity index (χ3v) is 7.98. The van der Waals surface area contributed by atoms with Crippen LogP contribution in [0.1, 0.15) is 23.1 Å². The van der Waals surface area contributed by atoms with Crippen LogP contribution >= 0.6 is 0 Å². The number of aryl methyl sites for hydroxylation is 3. The van der Waals surface area contributed by atoms with Crippen LogP contribution in [0.15, 0.2) is 17.0 Å². The number of carbonyl (C=O) groups excluding carboxylic acids is 2. The van der Waals surface area contributed by atoms with E-state index in [0.29, 0.717) is 50.5 Å². The Morgan fingerprint density at radius 3 is 2.30 bits per heavy atom. The van der Waals surface area contributed by atoms with Gasteiger partial charge in [0.25, 0.3) is 0 Å². The zero-order chi connectivity index (χ0) is 24.0. The predicted octanol–water partition coefficient (Wildman–Crippen LogP) is -0.0864. The summed E-state index contributed by atoms with van der Waals surface area (Å²) in [4.78, 5) is 26.8. The molecule has 2 aliphatic heterocycles. The lowest BCUT2D eigenvalue weighted by molar-refractivity contribution is -0.140. The van der Waals surface area contributed by atoms with Crippen molar-refractivity contribution in [3.05, 3.63) is 28.8 Å². The van der Waals surface area contributed by atoms with Crippen molar-refractivity contribution in [1.29, 1.82) is 0 Å².